The van der Waals surface area contributed by atoms with Crippen molar-refractivity contribution in [2.45, 2.75) is 19.3 Å². The Morgan fingerprint density at radius 2 is 2.10 bits per heavy atom. The van der Waals surface area contributed by atoms with Gasteiger partial charge in [0, 0.05) is 25.2 Å². The van der Waals surface area contributed by atoms with Crippen LogP contribution >= 0.6 is 0 Å². The first-order chi connectivity index (χ1) is 10.3. The van der Waals surface area contributed by atoms with Crippen LogP contribution in [0.25, 0.3) is 11.0 Å². The lowest BCUT2D eigenvalue weighted by Gasteiger charge is -2.19. The Kier molecular flexibility index (Phi) is 2.88. The molecule has 106 valence electrons. The van der Waals surface area contributed by atoms with E-state index in [2.05, 4.69) is 57.1 Å². The minimum Gasteiger partial charge on any atom is -0.355 e. The smallest absolute Gasteiger partial charge is 0.142 e. The van der Waals surface area contributed by atoms with E-state index in [4.69, 9.17) is 0 Å². The molecule has 0 saturated carbocycles. The summed E-state index contributed by atoms with van der Waals surface area (Å²) in [4.78, 5) is 14.3. The van der Waals surface area contributed by atoms with Gasteiger partial charge in [0.2, 0.25) is 0 Å². The monoisotopic (exact) mass is 278 g/mol. The van der Waals surface area contributed by atoms with E-state index < -0.39 is 0 Å². The first-order valence-corrected chi connectivity index (χ1v) is 7.41. The number of hydrogen-bond acceptors (Lipinski definition) is 3. The standard InChI is InChI=1S/C17H18N4/c1-12-4-2-3-5-14(12)13-7-9-21(10-13)17-15-6-8-18-16(15)19-11-20-17/h2-6,8,11,13H,7,9-10H2,1H3,(H,18,19,20). The molecule has 4 heteroatoms. The zero-order chi connectivity index (χ0) is 14.2. The molecule has 1 aliphatic heterocycles. The van der Waals surface area contributed by atoms with Gasteiger partial charge in [-0.3, -0.25) is 0 Å². The number of aromatic amines is 1. The molecule has 0 radical (unpaired) electrons. The number of fused-ring (bicyclic) bond motifs is 1. The first-order valence-electron chi connectivity index (χ1n) is 7.41. The molecule has 1 unspecified atom stereocenters. The van der Waals surface area contributed by atoms with Gasteiger partial charge >= 0.3 is 0 Å². The van der Waals surface area contributed by atoms with E-state index in [1.165, 1.54) is 17.5 Å². The summed E-state index contributed by atoms with van der Waals surface area (Å²) in [6, 6.07) is 10.8. The molecule has 4 rings (SSSR count). The van der Waals surface area contributed by atoms with E-state index in [1.54, 1.807) is 6.33 Å². The number of anilines is 1. The maximum Gasteiger partial charge on any atom is 0.142 e. The fraction of sp³-hybridized carbons (Fsp3) is 0.294. The van der Waals surface area contributed by atoms with Crippen molar-refractivity contribution >= 4 is 16.9 Å². The summed E-state index contributed by atoms with van der Waals surface area (Å²) in [6.07, 6.45) is 4.76. The quantitative estimate of drug-likeness (QED) is 0.782. The normalized spacial score (nSPS) is 18.5. The first kappa shape index (κ1) is 12.4. The molecular formula is C17H18N4. The average Bonchev–Trinajstić information content (AvgIpc) is 3.16. The Balaban J connectivity index is 1.65. The third-order valence-corrected chi connectivity index (χ3v) is 4.45. The molecule has 3 aromatic rings. The Hall–Kier alpha value is -2.36. The molecule has 1 saturated heterocycles. The van der Waals surface area contributed by atoms with Crippen LogP contribution in [-0.4, -0.2) is 28.0 Å². The number of aromatic nitrogens is 3. The minimum atomic E-state index is 0.593. The molecule has 0 bridgehead atoms. The molecule has 1 N–H and O–H groups in total. The predicted molar refractivity (Wildman–Crippen MR) is 84.6 cm³/mol. The topological polar surface area (TPSA) is 44.8 Å². The fourth-order valence-electron chi connectivity index (χ4n) is 3.36. The maximum atomic E-state index is 4.51. The van der Waals surface area contributed by atoms with Crippen LogP contribution in [0, 0.1) is 6.92 Å². The Morgan fingerprint density at radius 3 is 3.00 bits per heavy atom. The number of nitrogens with one attached hydrogen (secondary N) is 1. The number of nitrogens with zero attached hydrogens (tertiary/aromatic N) is 3. The molecule has 0 spiro atoms. The SMILES string of the molecule is Cc1ccccc1C1CCN(c2ncnc3[nH]ccc23)C1. The van der Waals surface area contributed by atoms with Crippen molar-refractivity contribution in [3.8, 4) is 0 Å². The van der Waals surface area contributed by atoms with Gasteiger partial charge in [-0.25, -0.2) is 9.97 Å². The number of hydrogen-bond donors (Lipinski definition) is 1. The number of H-pyrrole nitrogens is 1. The number of rotatable bonds is 2. The molecule has 1 atom stereocenters. The molecule has 3 heterocycles. The van der Waals surface area contributed by atoms with Gasteiger partial charge < -0.3 is 9.88 Å². The summed E-state index contributed by atoms with van der Waals surface area (Å²) >= 11 is 0. The van der Waals surface area contributed by atoms with Gasteiger partial charge in [0.15, 0.2) is 0 Å². The van der Waals surface area contributed by atoms with Crippen LogP contribution in [0.1, 0.15) is 23.5 Å². The number of benzene rings is 1. The zero-order valence-corrected chi connectivity index (χ0v) is 12.1. The summed E-state index contributed by atoms with van der Waals surface area (Å²) < 4.78 is 0. The van der Waals surface area contributed by atoms with Crippen LogP contribution in [0.15, 0.2) is 42.9 Å². The summed E-state index contributed by atoms with van der Waals surface area (Å²) in [5.74, 6) is 1.65. The van der Waals surface area contributed by atoms with Gasteiger partial charge in [-0.15, -0.1) is 0 Å². The lowest BCUT2D eigenvalue weighted by atomic mass is 9.94. The third kappa shape index (κ3) is 2.07. The predicted octanol–water partition coefficient (Wildman–Crippen LogP) is 3.26. The second-order valence-corrected chi connectivity index (χ2v) is 5.73. The highest BCUT2D eigenvalue weighted by atomic mass is 15.2. The van der Waals surface area contributed by atoms with Gasteiger partial charge in [0.05, 0.1) is 5.39 Å². The van der Waals surface area contributed by atoms with E-state index in [-0.39, 0.29) is 0 Å². The summed E-state index contributed by atoms with van der Waals surface area (Å²) in [5, 5.41) is 1.11. The zero-order valence-electron chi connectivity index (χ0n) is 12.1. The van der Waals surface area contributed by atoms with Crippen LogP contribution in [0.3, 0.4) is 0 Å². The lowest BCUT2D eigenvalue weighted by Crippen LogP contribution is -2.20. The Bertz CT molecular complexity index is 777. The largest absolute Gasteiger partial charge is 0.355 e. The van der Waals surface area contributed by atoms with Gasteiger partial charge in [0.25, 0.3) is 0 Å². The summed E-state index contributed by atoms with van der Waals surface area (Å²) in [6.45, 7) is 4.28. The maximum absolute atomic E-state index is 4.51. The van der Waals surface area contributed by atoms with E-state index >= 15 is 0 Å². The van der Waals surface area contributed by atoms with Crippen LogP contribution in [-0.2, 0) is 0 Å². The van der Waals surface area contributed by atoms with Gasteiger partial charge in [-0.2, -0.15) is 0 Å². The average molecular weight is 278 g/mol. The van der Waals surface area contributed by atoms with Crippen molar-refractivity contribution in [1.29, 1.82) is 0 Å². The highest BCUT2D eigenvalue weighted by Gasteiger charge is 2.26. The molecule has 4 nitrogen and oxygen atoms in total. The van der Waals surface area contributed by atoms with Crippen molar-refractivity contribution in [2.75, 3.05) is 18.0 Å². The van der Waals surface area contributed by atoms with Crippen molar-refractivity contribution in [1.82, 2.24) is 15.0 Å². The highest BCUT2D eigenvalue weighted by molar-refractivity contribution is 5.87. The molecule has 1 aliphatic rings. The summed E-state index contributed by atoms with van der Waals surface area (Å²) in [5.41, 5.74) is 3.78. The van der Waals surface area contributed by atoms with E-state index in [1.807, 2.05) is 6.20 Å². The molecule has 21 heavy (non-hydrogen) atoms. The van der Waals surface area contributed by atoms with E-state index in [9.17, 15) is 0 Å². The van der Waals surface area contributed by atoms with Crippen molar-refractivity contribution in [3.05, 3.63) is 54.0 Å². The Labute approximate surface area is 123 Å². The van der Waals surface area contributed by atoms with Crippen LogP contribution in [0.4, 0.5) is 5.82 Å². The van der Waals surface area contributed by atoms with Crippen molar-refractivity contribution in [2.24, 2.45) is 0 Å². The van der Waals surface area contributed by atoms with Crippen LogP contribution in [0.2, 0.25) is 0 Å². The molecule has 0 aliphatic carbocycles. The third-order valence-electron chi connectivity index (χ3n) is 4.45. The second kappa shape index (κ2) is 4.88. The molecule has 1 aromatic carbocycles. The van der Waals surface area contributed by atoms with E-state index in [0.29, 0.717) is 5.92 Å². The Morgan fingerprint density at radius 1 is 1.19 bits per heavy atom. The molecular weight excluding hydrogens is 260 g/mol. The fourth-order valence-corrected chi connectivity index (χ4v) is 3.36. The van der Waals surface area contributed by atoms with Crippen molar-refractivity contribution in [3.63, 3.8) is 0 Å². The van der Waals surface area contributed by atoms with E-state index in [0.717, 1.165) is 29.9 Å². The van der Waals surface area contributed by atoms with Crippen LogP contribution < -0.4 is 4.90 Å². The van der Waals surface area contributed by atoms with Gasteiger partial charge in [-0.05, 0) is 30.5 Å². The van der Waals surface area contributed by atoms with Crippen LogP contribution in [0.5, 0.6) is 0 Å². The van der Waals surface area contributed by atoms with Gasteiger partial charge in [-0.1, -0.05) is 24.3 Å². The van der Waals surface area contributed by atoms with Crippen molar-refractivity contribution < 1.29 is 0 Å². The van der Waals surface area contributed by atoms with Gasteiger partial charge in [0.1, 0.15) is 17.8 Å². The molecule has 1 fully saturated rings. The second-order valence-electron chi connectivity index (χ2n) is 5.73. The number of aryl methyl sites for hydroxylation is 1. The highest BCUT2D eigenvalue weighted by Crippen LogP contribution is 2.33. The lowest BCUT2D eigenvalue weighted by molar-refractivity contribution is 0.768. The molecule has 0 amide bonds. The minimum absolute atomic E-state index is 0.593. The summed E-state index contributed by atoms with van der Waals surface area (Å²) in [7, 11) is 0. The molecule has 2 aromatic heterocycles.